The van der Waals surface area contributed by atoms with Gasteiger partial charge in [0, 0.05) is 6.07 Å². The molecule has 0 spiro atoms. The van der Waals surface area contributed by atoms with E-state index in [0.29, 0.717) is 6.29 Å². The molecule has 0 aliphatic rings. The van der Waals surface area contributed by atoms with Crippen molar-refractivity contribution in [3.8, 4) is 11.8 Å². The van der Waals surface area contributed by atoms with Gasteiger partial charge in [-0.2, -0.15) is 0 Å². The van der Waals surface area contributed by atoms with Crippen LogP contribution < -0.4 is 5.73 Å². The van der Waals surface area contributed by atoms with Gasteiger partial charge in [0.1, 0.15) is 11.6 Å². The summed E-state index contributed by atoms with van der Waals surface area (Å²) in [4.78, 5) is 9.83. The zero-order valence-corrected chi connectivity index (χ0v) is 6.47. The van der Waals surface area contributed by atoms with Gasteiger partial charge in [-0.25, -0.2) is 8.78 Å². The average molecular weight is 181 g/mol. The SMILES string of the molecule is Nc1cc(F)c(C#CC=O)cc1F. The summed E-state index contributed by atoms with van der Waals surface area (Å²) >= 11 is 0. The van der Waals surface area contributed by atoms with Crippen molar-refractivity contribution >= 4 is 12.0 Å². The van der Waals surface area contributed by atoms with Crippen molar-refractivity contribution in [3.05, 3.63) is 29.3 Å². The van der Waals surface area contributed by atoms with Gasteiger partial charge in [0.05, 0.1) is 11.3 Å². The van der Waals surface area contributed by atoms with Crippen LogP contribution in [0.4, 0.5) is 14.5 Å². The largest absolute Gasteiger partial charge is 0.396 e. The summed E-state index contributed by atoms with van der Waals surface area (Å²) in [5.41, 5.74) is 4.62. The van der Waals surface area contributed by atoms with Crippen LogP contribution in [0.3, 0.4) is 0 Å². The number of anilines is 1. The van der Waals surface area contributed by atoms with Crippen molar-refractivity contribution in [3.63, 3.8) is 0 Å². The van der Waals surface area contributed by atoms with Crippen LogP contribution in [0, 0.1) is 23.5 Å². The third-order valence-corrected chi connectivity index (χ3v) is 1.35. The van der Waals surface area contributed by atoms with Gasteiger partial charge in [0.25, 0.3) is 0 Å². The number of halogens is 2. The van der Waals surface area contributed by atoms with E-state index < -0.39 is 11.6 Å². The topological polar surface area (TPSA) is 43.1 Å². The molecular weight excluding hydrogens is 176 g/mol. The maximum absolute atomic E-state index is 12.9. The lowest BCUT2D eigenvalue weighted by atomic mass is 10.2. The standard InChI is InChI=1S/C9H5F2NO/c10-7-5-9(12)8(11)4-6(7)2-1-3-13/h3-5H,12H2. The Labute approximate surface area is 73.4 Å². The monoisotopic (exact) mass is 181 g/mol. The van der Waals surface area contributed by atoms with Crippen LogP contribution in [0.15, 0.2) is 12.1 Å². The Bertz CT molecular complexity index is 404. The molecule has 0 heterocycles. The van der Waals surface area contributed by atoms with Gasteiger partial charge in [-0.05, 0) is 12.0 Å². The summed E-state index contributed by atoms with van der Waals surface area (Å²) < 4.78 is 25.6. The number of hydrogen-bond donors (Lipinski definition) is 1. The first-order chi connectivity index (χ1) is 6.15. The van der Waals surface area contributed by atoms with Gasteiger partial charge in [0.2, 0.25) is 0 Å². The molecule has 0 aliphatic heterocycles. The number of rotatable bonds is 0. The summed E-state index contributed by atoms with van der Waals surface area (Å²) in [5.74, 6) is 2.62. The van der Waals surface area contributed by atoms with E-state index in [1.807, 2.05) is 5.92 Å². The smallest absolute Gasteiger partial charge is 0.193 e. The van der Waals surface area contributed by atoms with Gasteiger partial charge in [-0.15, -0.1) is 0 Å². The molecule has 2 N–H and O–H groups in total. The molecule has 0 saturated carbocycles. The summed E-state index contributed by atoms with van der Waals surface area (Å²) in [6.07, 6.45) is 0.299. The molecule has 0 radical (unpaired) electrons. The Hall–Kier alpha value is -1.89. The minimum Gasteiger partial charge on any atom is -0.396 e. The Balaban J connectivity index is 3.23. The minimum atomic E-state index is -0.753. The maximum atomic E-state index is 12.9. The number of carbonyl (C=O) groups excluding carboxylic acids is 1. The highest BCUT2D eigenvalue weighted by Crippen LogP contribution is 2.15. The average Bonchev–Trinajstić information content (AvgIpc) is 2.09. The number of hydrogen-bond acceptors (Lipinski definition) is 2. The third-order valence-electron chi connectivity index (χ3n) is 1.35. The molecule has 4 heteroatoms. The van der Waals surface area contributed by atoms with Crippen molar-refractivity contribution in [2.75, 3.05) is 5.73 Å². The molecule has 0 bridgehead atoms. The molecule has 1 aromatic rings. The maximum Gasteiger partial charge on any atom is 0.193 e. The molecule has 13 heavy (non-hydrogen) atoms. The molecule has 0 saturated heterocycles. The number of benzene rings is 1. The van der Waals surface area contributed by atoms with Crippen LogP contribution in [0.25, 0.3) is 0 Å². The molecule has 0 aromatic heterocycles. The van der Waals surface area contributed by atoms with Crippen molar-refractivity contribution in [1.82, 2.24) is 0 Å². The first-order valence-corrected chi connectivity index (χ1v) is 3.35. The highest BCUT2D eigenvalue weighted by atomic mass is 19.1. The number of carbonyl (C=O) groups is 1. The fourth-order valence-electron chi connectivity index (χ4n) is 0.765. The molecule has 66 valence electrons. The fraction of sp³-hybridized carbons (Fsp3) is 0. The summed E-state index contributed by atoms with van der Waals surface area (Å²) in [5, 5.41) is 0. The zero-order chi connectivity index (χ0) is 9.84. The van der Waals surface area contributed by atoms with Crippen LogP contribution in [0.1, 0.15) is 5.56 Å². The van der Waals surface area contributed by atoms with E-state index in [0.717, 1.165) is 12.1 Å². The van der Waals surface area contributed by atoms with E-state index in [9.17, 15) is 13.6 Å². The van der Waals surface area contributed by atoms with Gasteiger partial charge in [0.15, 0.2) is 6.29 Å². The summed E-state index contributed by atoms with van der Waals surface area (Å²) in [6, 6.07) is 1.67. The van der Waals surface area contributed by atoms with Gasteiger partial charge >= 0.3 is 0 Å². The van der Waals surface area contributed by atoms with Crippen molar-refractivity contribution in [2.24, 2.45) is 0 Å². The molecule has 1 aromatic carbocycles. The Morgan fingerprint density at radius 2 is 2.00 bits per heavy atom. The Kier molecular flexibility index (Phi) is 2.60. The van der Waals surface area contributed by atoms with Gasteiger partial charge < -0.3 is 5.73 Å². The predicted octanol–water partition coefficient (Wildman–Crippen LogP) is 1.10. The zero-order valence-electron chi connectivity index (χ0n) is 6.47. The first-order valence-electron chi connectivity index (χ1n) is 3.35. The second-order valence-electron chi connectivity index (χ2n) is 2.24. The van der Waals surface area contributed by atoms with Crippen molar-refractivity contribution < 1.29 is 13.6 Å². The fourth-order valence-corrected chi connectivity index (χ4v) is 0.765. The first kappa shape index (κ1) is 9.20. The number of nitrogen functional groups attached to an aromatic ring is 1. The van der Waals surface area contributed by atoms with E-state index in [2.05, 4.69) is 5.92 Å². The lowest BCUT2D eigenvalue weighted by molar-refractivity contribution is -0.103. The normalized spacial score (nSPS) is 8.77. The van der Waals surface area contributed by atoms with E-state index in [-0.39, 0.29) is 11.3 Å². The molecule has 0 amide bonds. The van der Waals surface area contributed by atoms with Gasteiger partial charge in [-0.1, -0.05) is 5.92 Å². The van der Waals surface area contributed by atoms with E-state index in [4.69, 9.17) is 5.73 Å². The lowest BCUT2D eigenvalue weighted by Crippen LogP contribution is -1.94. The van der Waals surface area contributed by atoms with E-state index >= 15 is 0 Å². The van der Waals surface area contributed by atoms with Crippen LogP contribution in [0.2, 0.25) is 0 Å². The summed E-state index contributed by atoms with van der Waals surface area (Å²) in [7, 11) is 0. The van der Waals surface area contributed by atoms with Crippen LogP contribution in [0.5, 0.6) is 0 Å². The molecule has 0 aliphatic carbocycles. The lowest BCUT2D eigenvalue weighted by Gasteiger charge is -1.98. The molecule has 2 nitrogen and oxygen atoms in total. The highest BCUT2D eigenvalue weighted by Gasteiger charge is 2.04. The summed E-state index contributed by atoms with van der Waals surface area (Å²) in [6.45, 7) is 0. The Morgan fingerprint density at radius 3 is 2.62 bits per heavy atom. The van der Waals surface area contributed by atoms with Crippen molar-refractivity contribution in [2.45, 2.75) is 0 Å². The van der Waals surface area contributed by atoms with Crippen LogP contribution >= 0.6 is 0 Å². The van der Waals surface area contributed by atoms with Crippen molar-refractivity contribution in [1.29, 1.82) is 0 Å². The third kappa shape index (κ3) is 2.03. The van der Waals surface area contributed by atoms with Crippen LogP contribution in [-0.2, 0) is 4.79 Å². The molecule has 1 rings (SSSR count). The second kappa shape index (κ2) is 3.68. The highest BCUT2D eigenvalue weighted by molar-refractivity contribution is 5.74. The quantitative estimate of drug-likeness (QED) is 0.370. The Morgan fingerprint density at radius 1 is 1.31 bits per heavy atom. The van der Waals surface area contributed by atoms with E-state index in [1.54, 1.807) is 0 Å². The molecular formula is C9H5F2NO. The van der Waals surface area contributed by atoms with E-state index in [1.165, 1.54) is 0 Å². The number of nitrogens with two attached hydrogens (primary N) is 1. The molecule has 0 atom stereocenters. The van der Waals surface area contributed by atoms with Crippen LogP contribution in [-0.4, -0.2) is 6.29 Å². The molecule has 0 fully saturated rings. The predicted molar refractivity (Wildman–Crippen MR) is 43.7 cm³/mol. The number of aldehydes is 1. The minimum absolute atomic E-state index is 0.182. The molecule has 0 unspecified atom stereocenters. The van der Waals surface area contributed by atoms with Gasteiger partial charge in [-0.3, -0.25) is 4.79 Å². The second-order valence-corrected chi connectivity index (χ2v) is 2.24.